The molecule has 3 nitrogen and oxygen atoms in total. The quantitative estimate of drug-likeness (QED) is 0.679. The second-order valence-corrected chi connectivity index (χ2v) is 2.39. The molecule has 1 radical (unpaired) electrons. The van der Waals surface area contributed by atoms with Gasteiger partial charge in [-0.25, -0.2) is 9.90 Å². The Hall–Kier alpha value is -1.51. The van der Waals surface area contributed by atoms with Gasteiger partial charge in [-0.1, -0.05) is 18.2 Å². The molecular weight excluding hydrogens is 156 g/mol. The van der Waals surface area contributed by atoms with Crippen molar-refractivity contribution in [3.05, 3.63) is 30.3 Å². The van der Waals surface area contributed by atoms with Crippen LogP contribution in [0.1, 0.15) is 6.92 Å². The molecule has 0 fully saturated rings. The molecule has 0 aromatic heterocycles. The maximum Gasteiger partial charge on any atom is 0.395 e. The fraction of sp³-hybridized carbons (Fsp3) is 0.222. The van der Waals surface area contributed by atoms with Gasteiger partial charge in [0.2, 0.25) is 0 Å². The number of benzene rings is 1. The van der Waals surface area contributed by atoms with Crippen LogP contribution in [0.3, 0.4) is 0 Å². The van der Waals surface area contributed by atoms with E-state index in [4.69, 9.17) is 4.74 Å². The van der Waals surface area contributed by atoms with Crippen molar-refractivity contribution in [1.29, 1.82) is 0 Å². The average Bonchev–Trinajstić information content (AvgIpc) is 2.06. The van der Waals surface area contributed by atoms with Gasteiger partial charge >= 0.3 is 5.97 Å². The first kappa shape index (κ1) is 8.59. The highest BCUT2D eigenvalue weighted by Crippen LogP contribution is 2.10. The van der Waals surface area contributed by atoms with Crippen molar-refractivity contribution in [3.8, 4) is 5.75 Å². The van der Waals surface area contributed by atoms with Crippen molar-refractivity contribution in [2.45, 2.75) is 13.0 Å². The highest BCUT2D eigenvalue weighted by atomic mass is 16.5. The van der Waals surface area contributed by atoms with E-state index in [1.165, 1.54) is 6.92 Å². The van der Waals surface area contributed by atoms with E-state index in [9.17, 15) is 9.90 Å². The number of carbonyl (C=O) groups is 1. The third kappa shape index (κ3) is 2.27. The topological polar surface area (TPSA) is 46.2 Å². The van der Waals surface area contributed by atoms with Crippen molar-refractivity contribution in [3.63, 3.8) is 0 Å². The first-order chi connectivity index (χ1) is 5.70. The highest BCUT2D eigenvalue weighted by molar-refractivity contribution is 5.71. The number of ether oxygens (including phenoxy) is 1. The van der Waals surface area contributed by atoms with E-state index in [0.717, 1.165) is 0 Å². The minimum atomic E-state index is -1.21. The van der Waals surface area contributed by atoms with Crippen LogP contribution in [-0.2, 0) is 9.90 Å². The zero-order valence-electron chi connectivity index (χ0n) is 6.69. The van der Waals surface area contributed by atoms with Crippen molar-refractivity contribution >= 4 is 5.97 Å². The molecule has 1 atom stereocenters. The standard InChI is InChI=1S/C9H9O3/c1-7(9(10)11)12-8-5-3-2-4-6-8/h2-7H,1H3. The van der Waals surface area contributed by atoms with Crippen molar-refractivity contribution < 1.29 is 14.6 Å². The SMILES string of the molecule is CC(Oc1ccccc1)C([O])=O. The van der Waals surface area contributed by atoms with Crippen molar-refractivity contribution in [1.82, 2.24) is 0 Å². The van der Waals surface area contributed by atoms with E-state index < -0.39 is 12.1 Å². The fourth-order valence-corrected chi connectivity index (χ4v) is 0.751. The molecule has 3 heteroatoms. The molecule has 12 heavy (non-hydrogen) atoms. The van der Waals surface area contributed by atoms with Crippen LogP contribution in [0.2, 0.25) is 0 Å². The number of hydrogen-bond donors (Lipinski definition) is 0. The molecule has 0 aliphatic rings. The molecule has 0 spiro atoms. The van der Waals surface area contributed by atoms with Crippen LogP contribution in [0.5, 0.6) is 5.75 Å². The molecule has 0 N–H and O–H groups in total. The van der Waals surface area contributed by atoms with E-state index in [-0.39, 0.29) is 0 Å². The first-order valence-electron chi connectivity index (χ1n) is 3.62. The zero-order valence-corrected chi connectivity index (χ0v) is 6.69. The first-order valence-corrected chi connectivity index (χ1v) is 3.62. The Morgan fingerprint density at radius 3 is 2.42 bits per heavy atom. The van der Waals surface area contributed by atoms with Gasteiger partial charge in [0.15, 0.2) is 6.10 Å². The van der Waals surface area contributed by atoms with Crippen LogP contribution in [-0.4, -0.2) is 12.1 Å². The molecule has 1 unspecified atom stereocenters. The van der Waals surface area contributed by atoms with Crippen molar-refractivity contribution in [2.24, 2.45) is 0 Å². The highest BCUT2D eigenvalue weighted by Gasteiger charge is 2.13. The summed E-state index contributed by atoms with van der Waals surface area (Å²) in [7, 11) is 0. The van der Waals surface area contributed by atoms with Gasteiger partial charge in [0.25, 0.3) is 0 Å². The monoisotopic (exact) mass is 165 g/mol. The summed E-state index contributed by atoms with van der Waals surface area (Å²) in [6.45, 7) is 1.43. The van der Waals surface area contributed by atoms with E-state index >= 15 is 0 Å². The summed E-state index contributed by atoms with van der Waals surface area (Å²) >= 11 is 0. The number of para-hydroxylation sites is 1. The largest absolute Gasteiger partial charge is 0.479 e. The maximum atomic E-state index is 10.3. The molecule has 1 rings (SSSR count). The van der Waals surface area contributed by atoms with Crippen LogP contribution in [0.15, 0.2) is 30.3 Å². The Kier molecular flexibility index (Phi) is 2.69. The van der Waals surface area contributed by atoms with Gasteiger partial charge in [0.05, 0.1) is 0 Å². The summed E-state index contributed by atoms with van der Waals surface area (Å²) in [6.07, 6.45) is -0.910. The summed E-state index contributed by atoms with van der Waals surface area (Å²) in [6, 6.07) is 8.77. The number of carbonyl (C=O) groups excluding carboxylic acids is 1. The Bertz CT molecular complexity index is 256. The van der Waals surface area contributed by atoms with Crippen LogP contribution >= 0.6 is 0 Å². The van der Waals surface area contributed by atoms with E-state index in [0.29, 0.717) is 5.75 Å². The predicted molar refractivity (Wildman–Crippen MR) is 42.2 cm³/mol. The Morgan fingerprint density at radius 2 is 1.92 bits per heavy atom. The fourth-order valence-electron chi connectivity index (χ4n) is 0.751. The van der Waals surface area contributed by atoms with Gasteiger partial charge in [-0.2, -0.15) is 0 Å². The molecule has 0 saturated heterocycles. The minimum absolute atomic E-state index is 0.536. The van der Waals surface area contributed by atoms with E-state index in [1.54, 1.807) is 24.3 Å². The summed E-state index contributed by atoms with van der Waals surface area (Å²) in [5.41, 5.74) is 0. The molecule has 1 aromatic rings. The van der Waals surface area contributed by atoms with Crippen molar-refractivity contribution in [2.75, 3.05) is 0 Å². The van der Waals surface area contributed by atoms with Gasteiger partial charge in [-0.3, -0.25) is 0 Å². The summed E-state index contributed by atoms with van der Waals surface area (Å²) in [5.74, 6) is -0.673. The number of rotatable bonds is 3. The third-order valence-corrected chi connectivity index (χ3v) is 1.39. The molecule has 0 aliphatic carbocycles. The van der Waals surface area contributed by atoms with Crippen LogP contribution in [0.4, 0.5) is 0 Å². The number of hydrogen-bond acceptors (Lipinski definition) is 2. The maximum absolute atomic E-state index is 10.3. The molecule has 0 amide bonds. The molecule has 0 saturated carbocycles. The minimum Gasteiger partial charge on any atom is -0.479 e. The lowest BCUT2D eigenvalue weighted by Crippen LogP contribution is -2.21. The lowest BCUT2D eigenvalue weighted by molar-refractivity contribution is -0.150. The van der Waals surface area contributed by atoms with E-state index in [2.05, 4.69) is 0 Å². The van der Waals surface area contributed by atoms with Gasteiger partial charge in [-0.05, 0) is 19.1 Å². The average molecular weight is 165 g/mol. The summed E-state index contributed by atoms with van der Waals surface area (Å²) < 4.78 is 5.01. The zero-order chi connectivity index (χ0) is 8.97. The summed E-state index contributed by atoms with van der Waals surface area (Å²) in [5, 5.41) is 10.3. The molecule has 63 valence electrons. The molecule has 0 heterocycles. The normalized spacial score (nSPS) is 12.1. The second kappa shape index (κ2) is 3.76. The van der Waals surface area contributed by atoms with Gasteiger partial charge in [-0.15, -0.1) is 0 Å². The van der Waals surface area contributed by atoms with E-state index in [1.807, 2.05) is 6.07 Å². The Balaban J connectivity index is 2.58. The molecule has 0 bridgehead atoms. The smallest absolute Gasteiger partial charge is 0.395 e. The van der Waals surface area contributed by atoms with Crippen LogP contribution < -0.4 is 4.74 Å². The van der Waals surface area contributed by atoms with Gasteiger partial charge < -0.3 is 4.74 Å². The second-order valence-electron chi connectivity index (χ2n) is 2.39. The lowest BCUT2D eigenvalue weighted by Gasteiger charge is -2.07. The lowest BCUT2D eigenvalue weighted by atomic mass is 10.3. The Labute approximate surface area is 70.6 Å². The predicted octanol–water partition coefficient (Wildman–Crippen LogP) is 1.41. The van der Waals surface area contributed by atoms with Crippen LogP contribution in [0, 0.1) is 0 Å². The summed E-state index contributed by atoms with van der Waals surface area (Å²) in [4.78, 5) is 10.3. The third-order valence-electron chi connectivity index (χ3n) is 1.39. The Morgan fingerprint density at radius 1 is 1.33 bits per heavy atom. The molecular formula is C9H9O3. The van der Waals surface area contributed by atoms with Crippen LogP contribution in [0.25, 0.3) is 0 Å². The van der Waals surface area contributed by atoms with Gasteiger partial charge in [0.1, 0.15) is 5.75 Å². The van der Waals surface area contributed by atoms with Gasteiger partial charge in [0, 0.05) is 0 Å². The molecule has 1 aromatic carbocycles. The molecule has 0 aliphatic heterocycles.